The SMILES string of the molecule is CC1SCCN(C(=O)CCC(CCN)C(C)(C)C)C1C. The molecule has 1 fully saturated rings. The van der Waals surface area contributed by atoms with Crippen molar-refractivity contribution in [2.75, 3.05) is 18.8 Å². The number of nitrogens with two attached hydrogens (primary N) is 1. The lowest BCUT2D eigenvalue weighted by molar-refractivity contribution is -0.133. The van der Waals surface area contributed by atoms with Gasteiger partial charge in [0.05, 0.1) is 0 Å². The zero-order valence-corrected chi connectivity index (χ0v) is 14.6. The summed E-state index contributed by atoms with van der Waals surface area (Å²) in [6, 6.07) is 0.365. The Labute approximate surface area is 129 Å². The average Bonchev–Trinajstić information content (AvgIpc) is 2.36. The second kappa shape index (κ2) is 7.69. The molecule has 20 heavy (non-hydrogen) atoms. The van der Waals surface area contributed by atoms with Gasteiger partial charge in [0.1, 0.15) is 0 Å². The predicted molar refractivity (Wildman–Crippen MR) is 88.9 cm³/mol. The first kappa shape index (κ1) is 17.8. The maximum atomic E-state index is 12.5. The van der Waals surface area contributed by atoms with Crippen molar-refractivity contribution in [3.8, 4) is 0 Å². The van der Waals surface area contributed by atoms with Crippen molar-refractivity contribution in [3.63, 3.8) is 0 Å². The number of carbonyl (C=O) groups is 1. The van der Waals surface area contributed by atoms with Crippen molar-refractivity contribution in [2.45, 2.75) is 65.2 Å². The van der Waals surface area contributed by atoms with Gasteiger partial charge in [-0.2, -0.15) is 11.8 Å². The molecule has 1 saturated heterocycles. The zero-order valence-electron chi connectivity index (χ0n) is 13.8. The third-order valence-corrected chi connectivity index (χ3v) is 5.99. The molecule has 1 aliphatic rings. The molecule has 1 heterocycles. The zero-order chi connectivity index (χ0) is 15.3. The molecular formula is C16H32N2OS. The molecular weight excluding hydrogens is 268 g/mol. The van der Waals surface area contributed by atoms with Gasteiger partial charge in [0.2, 0.25) is 5.91 Å². The van der Waals surface area contributed by atoms with Gasteiger partial charge in [-0.15, -0.1) is 0 Å². The summed E-state index contributed by atoms with van der Waals surface area (Å²) in [5.41, 5.74) is 5.95. The highest BCUT2D eigenvalue weighted by molar-refractivity contribution is 8.00. The molecule has 0 bridgehead atoms. The largest absolute Gasteiger partial charge is 0.338 e. The summed E-state index contributed by atoms with van der Waals surface area (Å²) in [5.74, 6) is 1.93. The average molecular weight is 301 g/mol. The minimum Gasteiger partial charge on any atom is -0.338 e. The van der Waals surface area contributed by atoms with E-state index >= 15 is 0 Å². The highest BCUT2D eigenvalue weighted by Gasteiger charge is 2.30. The van der Waals surface area contributed by atoms with E-state index in [4.69, 9.17) is 5.73 Å². The molecule has 0 saturated carbocycles. The van der Waals surface area contributed by atoms with Gasteiger partial charge in [0.25, 0.3) is 0 Å². The van der Waals surface area contributed by atoms with Gasteiger partial charge in [-0.3, -0.25) is 4.79 Å². The lowest BCUT2D eigenvalue weighted by atomic mass is 9.76. The minimum absolute atomic E-state index is 0.232. The second-order valence-corrected chi connectivity index (χ2v) is 8.57. The summed E-state index contributed by atoms with van der Waals surface area (Å²) >= 11 is 1.97. The Morgan fingerprint density at radius 1 is 1.35 bits per heavy atom. The fourth-order valence-electron chi connectivity index (χ4n) is 2.94. The topological polar surface area (TPSA) is 46.3 Å². The van der Waals surface area contributed by atoms with Crippen LogP contribution in [0, 0.1) is 11.3 Å². The second-order valence-electron chi connectivity index (χ2n) is 7.08. The van der Waals surface area contributed by atoms with Gasteiger partial charge in [-0.25, -0.2) is 0 Å². The van der Waals surface area contributed by atoms with Gasteiger partial charge in [0, 0.05) is 30.0 Å². The van der Waals surface area contributed by atoms with Crippen molar-refractivity contribution in [2.24, 2.45) is 17.1 Å². The van der Waals surface area contributed by atoms with Crippen molar-refractivity contribution >= 4 is 17.7 Å². The highest BCUT2D eigenvalue weighted by atomic mass is 32.2. The molecule has 118 valence electrons. The fourth-order valence-corrected chi connectivity index (χ4v) is 4.04. The Bertz CT molecular complexity index is 314. The molecule has 3 atom stereocenters. The summed E-state index contributed by atoms with van der Waals surface area (Å²) in [7, 11) is 0. The number of nitrogens with zero attached hydrogens (tertiary/aromatic N) is 1. The van der Waals surface area contributed by atoms with E-state index in [1.54, 1.807) is 0 Å². The molecule has 3 unspecified atom stereocenters. The molecule has 1 aliphatic heterocycles. The van der Waals surface area contributed by atoms with E-state index in [-0.39, 0.29) is 5.41 Å². The van der Waals surface area contributed by atoms with Crippen LogP contribution < -0.4 is 5.73 Å². The molecule has 0 aromatic rings. The minimum atomic E-state index is 0.232. The first-order valence-electron chi connectivity index (χ1n) is 7.88. The fraction of sp³-hybridized carbons (Fsp3) is 0.938. The van der Waals surface area contributed by atoms with Crippen LogP contribution in [-0.2, 0) is 4.79 Å². The van der Waals surface area contributed by atoms with Crippen LogP contribution in [0.25, 0.3) is 0 Å². The van der Waals surface area contributed by atoms with Gasteiger partial charge in [-0.05, 0) is 37.6 Å². The lowest BCUT2D eigenvalue weighted by Gasteiger charge is -2.38. The molecule has 0 radical (unpaired) electrons. The van der Waals surface area contributed by atoms with Crippen molar-refractivity contribution in [1.29, 1.82) is 0 Å². The van der Waals surface area contributed by atoms with Crippen molar-refractivity contribution < 1.29 is 4.79 Å². The van der Waals surface area contributed by atoms with Crippen LogP contribution in [0.5, 0.6) is 0 Å². The standard InChI is InChI=1S/C16H32N2OS/c1-12-13(2)20-11-10-18(12)15(19)7-6-14(8-9-17)16(3,4)5/h12-14H,6-11,17H2,1-5H3. The van der Waals surface area contributed by atoms with E-state index in [1.807, 2.05) is 11.8 Å². The molecule has 1 rings (SSSR count). The van der Waals surface area contributed by atoms with Crippen LogP contribution in [0.2, 0.25) is 0 Å². The summed E-state index contributed by atoms with van der Waals surface area (Å²) in [6.45, 7) is 12.8. The van der Waals surface area contributed by atoms with Gasteiger partial charge in [-0.1, -0.05) is 27.7 Å². The van der Waals surface area contributed by atoms with Crippen LogP contribution in [0.3, 0.4) is 0 Å². The van der Waals surface area contributed by atoms with E-state index in [1.165, 1.54) is 0 Å². The lowest BCUT2D eigenvalue weighted by Crippen LogP contribution is -2.48. The van der Waals surface area contributed by atoms with Crippen LogP contribution in [0.4, 0.5) is 0 Å². The Hall–Kier alpha value is -0.220. The smallest absolute Gasteiger partial charge is 0.222 e. The summed E-state index contributed by atoms with van der Waals surface area (Å²) in [5, 5.41) is 0.551. The maximum Gasteiger partial charge on any atom is 0.222 e. The number of hydrogen-bond donors (Lipinski definition) is 1. The van der Waals surface area contributed by atoms with Gasteiger partial charge < -0.3 is 10.6 Å². The number of amides is 1. The summed E-state index contributed by atoms with van der Waals surface area (Å²) in [6.07, 6.45) is 2.65. The van der Waals surface area contributed by atoms with Crippen LogP contribution >= 0.6 is 11.8 Å². The number of thioether (sulfide) groups is 1. The summed E-state index contributed by atoms with van der Waals surface area (Å²) in [4.78, 5) is 14.6. The molecule has 0 spiro atoms. The van der Waals surface area contributed by atoms with Crippen LogP contribution in [0.1, 0.15) is 53.9 Å². The monoisotopic (exact) mass is 300 g/mol. The van der Waals surface area contributed by atoms with E-state index in [0.717, 1.165) is 25.1 Å². The Kier molecular flexibility index (Phi) is 6.86. The third kappa shape index (κ3) is 4.96. The number of rotatable bonds is 5. The first-order chi connectivity index (χ1) is 9.27. The van der Waals surface area contributed by atoms with Crippen molar-refractivity contribution in [3.05, 3.63) is 0 Å². The van der Waals surface area contributed by atoms with E-state index in [0.29, 0.717) is 36.1 Å². The molecule has 0 aromatic heterocycles. The Morgan fingerprint density at radius 2 is 2.00 bits per heavy atom. The molecule has 0 aliphatic carbocycles. The van der Waals surface area contributed by atoms with E-state index in [9.17, 15) is 4.79 Å². The van der Waals surface area contributed by atoms with Crippen LogP contribution in [0.15, 0.2) is 0 Å². The normalized spacial score (nSPS) is 25.6. The molecule has 1 amide bonds. The van der Waals surface area contributed by atoms with E-state index < -0.39 is 0 Å². The number of hydrogen-bond acceptors (Lipinski definition) is 3. The maximum absolute atomic E-state index is 12.5. The molecule has 4 heteroatoms. The predicted octanol–water partition coefficient (Wildman–Crippen LogP) is 3.13. The van der Waals surface area contributed by atoms with Crippen LogP contribution in [-0.4, -0.2) is 40.9 Å². The van der Waals surface area contributed by atoms with E-state index in [2.05, 4.69) is 39.5 Å². The Morgan fingerprint density at radius 3 is 2.55 bits per heavy atom. The molecule has 2 N–H and O–H groups in total. The molecule has 0 aromatic carbocycles. The quantitative estimate of drug-likeness (QED) is 0.848. The molecule has 3 nitrogen and oxygen atoms in total. The number of carbonyl (C=O) groups excluding carboxylic acids is 1. The van der Waals surface area contributed by atoms with Gasteiger partial charge in [0.15, 0.2) is 0 Å². The van der Waals surface area contributed by atoms with Gasteiger partial charge >= 0.3 is 0 Å². The Balaban J connectivity index is 2.52. The highest BCUT2D eigenvalue weighted by Crippen LogP contribution is 2.33. The third-order valence-electron chi connectivity index (χ3n) is 4.65. The first-order valence-corrected chi connectivity index (χ1v) is 8.93. The van der Waals surface area contributed by atoms with Crippen molar-refractivity contribution in [1.82, 2.24) is 4.90 Å². The summed E-state index contributed by atoms with van der Waals surface area (Å²) < 4.78 is 0.